The maximum absolute atomic E-state index is 14.0. The molecule has 0 saturated heterocycles. The average Bonchev–Trinajstić information content (AvgIpc) is 3.00. The van der Waals surface area contributed by atoms with Crippen LogP contribution in [0.25, 0.3) is 0 Å². The molecule has 3 aromatic rings. The summed E-state index contributed by atoms with van der Waals surface area (Å²) in [5.41, 5.74) is 2.09. The Morgan fingerprint density at radius 2 is 1.66 bits per heavy atom. The number of ether oxygens (including phenoxy) is 2. The monoisotopic (exact) mass is 643 g/mol. The van der Waals surface area contributed by atoms with Crippen LogP contribution < -0.4 is 19.1 Å². The molecule has 0 spiro atoms. The first-order chi connectivity index (χ1) is 21.0. The van der Waals surface area contributed by atoms with Gasteiger partial charge in [-0.1, -0.05) is 61.0 Å². The molecule has 44 heavy (non-hydrogen) atoms. The summed E-state index contributed by atoms with van der Waals surface area (Å²) in [5.74, 6) is 0.548. The maximum Gasteiger partial charge on any atom is 0.243 e. The number of nitrogens with zero attached hydrogens (tertiary/aromatic N) is 2. The fourth-order valence-corrected chi connectivity index (χ4v) is 5.99. The van der Waals surface area contributed by atoms with Gasteiger partial charge in [0.05, 0.1) is 31.2 Å². The van der Waals surface area contributed by atoms with E-state index >= 15 is 0 Å². The molecule has 0 aliphatic rings. The number of anilines is 1. The zero-order valence-corrected chi connectivity index (χ0v) is 27.5. The summed E-state index contributed by atoms with van der Waals surface area (Å²) in [4.78, 5) is 29.3. The number of carbonyl (C=O) groups is 2. The minimum Gasteiger partial charge on any atom is -0.497 e. The van der Waals surface area contributed by atoms with E-state index in [4.69, 9.17) is 21.1 Å². The third-order valence-electron chi connectivity index (χ3n) is 7.33. The predicted molar refractivity (Wildman–Crippen MR) is 175 cm³/mol. The minimum absolute atomic E-state index is 0.0157. The largest absolute Gasteiger partial charge is 0.497 e. The van der Waals surface area contributed by atoms with Crippen LogP contribution in [-0.2, 0) is 32.6 Å². The average molecular weight is 644 g/mol. The number of amides is 2. The SMILES string of the molecule is CC[C@H](C)NC(=O)[C@@H](Cc1ccccc1)N(Cc1cccc(OC)c1)C(=O)CCCN(c1ccc(OC)c(Cl)c1)S(C)(=O)=O. The number of hydrogen-bond donors (Lipinski definition) is 1. The van der Waals surface area contributed by atoms with Crippen LogP contribution in [-0.4, -0.2) is 64.2 Å². The summed E-state index contributed by atoms with van der Waals surface area (Å²) in [5, 5.41) is 3.33. The summed E-state index contributed by atoms with van der Waals surface area (Å²) in [6.45, 7) is 4.13. The van der Waals surface area contributed by atoms with E-state index in [0.29, 0.717) is 23.6 Å². The molecular weight excluding hydrogens is 602 g/mol. The lowest BCUT2D eigenvalue weighted by Crippen LogP contribution is -2.52. The first-order valence-electron chi connectivity index (χ1n) is 14.5. The highest BCUT2D eigenvalue weighted by Crippen LogP contribution is 2.30. The van der Waals surface area contributed by atoms with Gasteiger partial charge in [0.15, 0.2) is 0 Å². The van der Waals surface area contributed by atoms with Gasteiger partial charge >= 0.3 is 0 Å². The van der Waals surface area contributed by atoms with Gasteiger partial charge in [-0.15, -0.1) is 0 Å². The Morgan fingerprint density at radius 1 is 0.955 bits per heavy atom. The van der Waals surface area contributed by atoms with Crippen molar-refractivity contribution in [2.45, 2.75) is 58.2 Å². The minimum atomic E-state index is -3.68. The summed E-state index contributed by atoms with van der Waals surface area (Å²) in [6.07, 6.45) is 2.40. The number of nitrogens with one attached hydrogen (secondary N) is 1. The number of rotatable bonds is 16. The first kappa shape index (κ1) is 34.7. The van der Waals surface area contributed by atoms with Crippen molar-refractivity contribution in [2.75, 3.05) is 31.3 Å². The fourth-order valence-electron chi connectivity index (χ4n) is 4.78. The van der Waals surface area contributed by atoms with Gasteiger partial charge in [-0.3, -0.25) is 13.9 Å². The lowest BCUT2D eigenvalue weighted by atomic mass is 10.0. The van der Waals surface area contributed by atoms with E-state index in [1.165, 1.54) is 17.5 Å². The van der Waals surface area contributed by atoms with Gasteiger partial charge in [0.2, 0.25) is 21.8 Å². The number of halogens is 1. The van der Waals surface area contributed by atoms with Crippen LogP contribution in [0.4, 0.5) is 5.69 Å². The van der Waals surface area contributed by atoms with Crippen molar-refractivity contribution in [3.05, 3.63) is 88.9 Å². The Labute approximate surface area is 266 Å². The summed E-state index contributed by atoms with van der Waals surface area (Å²) < 4.78 is 37.3. The van der Waals surface area contributed by atoms with Crippen LogP contribution in [0.2, 0.25) is 5.02 Å². The van der Waals surface area contributed by atoms with Gasteiger partial charge in [0, 0.05) is 32.0 Å². The lowest BCUT2D eigenvalue weighted by molar-refractivity contribution is -0.141. The standard InChI is InChI=1S/C33H42ClN3O6S/c1-6-24(2)35-33(39)30(21-25-12-8-7-9-13-25)36(23-26-14-10-15-28(20-26)42-3)32(38)16-11-19-37(44(5,40)41)27-17-18-31(43-4)29(34)22-27/h7-10,12-15,17-18,20,22,24,30H,6,11,16,19,21,23H2,1-5H3,(H,35,39)/t24-,30+/m0/s1. The molecule has 3 aromatic carbocycles. The van der Waals surface area contributed by atoms with Gasteiger partial charge in [0.1, 0.15) is 17.5 Å². The molecule has 0 radical (unpaired) electrons. The van der Waals surface area contributed by atoms with Crippen LogP contribution >= 0.6 is 11.6 Å². The molecule has 238 valence electrons. The smallest absolute Gasteiger partial charge is 0.243 e. The van der Waals surface area contributed by atoms with Gasteiger partial charge in [0.25, 0.3) is 0 Å². The first-order valence-corrected chi connectivity index (χ1v) is 16.8. The van der Waals surface area contributed by atoms with E-state index in [-0.39, 0.29) is 48.8 Å². The van der Waals surface area contributed by atoms with E-state index in [0.717, 1.165) is 23.8 Å². The van der Waals surface area contributed by atoms with Crippen LogP contribution in [0.3, 0.4) is 0 Å². The number of hydrogen-bond acceptors (Lipinski definition) is 6. The van der Waals surface area contributed by atoms with Crippen molar-refractivity contribution < 1.29 is 27.5 Å². The molecule has 0 heterocycles. The fraction of sp³-hybridized carbons (Fsp3) is 0.394. The molecule has 2 atom stereocenters. The van der Waals surface area contributed by atoms with Gasteiger partial charge in [-0.05, 0) is 61.2 Å². The van der Waals surface area contributed by atoms with Crippen molar-refractivity contribution in [3.63, 3.8) is 0 Å². The number of methoxy groups -OCH3 is 2. The second-order valence-corrected chi connectivity index (χ2v) is 13.0. The number of sulfonamides is 1. The molecular formula is C33H42ClN3O6S. The van der Waals surface area contributed by atoms with Gasteiger partial charge in [-0.25, -0.2) is 8.42 Å². The quantitative estimate of drug-likeness (QED) is 0.222. The van der Waals surface area contributed by atoms with Gasteiger partial charge in [-0.2, -0.15) is 0 Å². The topological polar surface area (TPSA) is 105 Å². The Balaban J connectivity index is 1.91. The van der Waals surface area contributed by atoms with Crippen LogP contribution in [0.15, 0.2) is 72.8 Å². The second kappa shape index (κ2) is 16.4. The Morgan fingerprint density at radius 3 is 2.27 bits per heavy atom. The number of benzene rings is 3. The molecule has 9 nitrogen and oxygen atoms in total. The lowest BCUT2D eigenvalue weighted by Gasteiger charge is -2.33. The van der Waals surface area contributed by atoms with Crippen molar-refractivity contribution in [2.24, 2.45) is 0 Å². The molecule has 0 aromatic heterocycles. The molecule has 1 N–H and O–H groups in total. The molecule has 11 heteroatoms. The normalized spacial score (nSPS) is 12.6. The second-order valence-electron chi connectivity index (χ2n) is 10.7. The Kier molecular flexibility index (Phi) is 12.9. The van der Waals surface area contributed by atoms with Gasteiger partial charge < -0.3 is 19.7 Å². The van der Waals surface area contributed by atoms with Crippen molar-refractivity contribution >= 4 is 39.1 Å². The molecule has 2 amide bonds. The van der Waals surface area contributed by atoms with E-state index in [2.05, 4.69) is 5.32 Å². The van der Waals surface area contributed by atoms with Crippen molar-refractivity contribution in [3.8, 4) is 11.5 Å². The van der Waals surface area contributed by atoms with Crippen molar-refractivity contribution in [1.29, 1.82) is 0 Å². The molecule has 0 aliphatic carbocycles. The highest BCUT2D eigenvalue weighted by Gasteiger charge is 2.31. The molecule has 0 aliphatic heterocycles. The Hall–Kier alpha value is -3.76. The van der Waals surface area contributed by atoms with E-state index in [1.807, 2.05) is 68.4 Å². The van der Waals surface area contributed by atoms with E-state index in [1.54, 1.807) is 24.1 Å². The van der Waals surface area contributed by atoms with E-state index < -0.39 is 16.1 Å². The zero-order chi connectivity index (χ0) is 32.3. The molecule has 0 fully saturated rings. The maximum atomic E-state index is 14.0. The predicted octanol–water partition coefficient (Wildman–Crippen LogP) is 5.46. The van der Waals surface area contributed by atoms with E-state index in [9.17, 15) is 18.0 Å². The zero-order valence-electron chi connectivity index (χ0n) is 26.0. The summed E-state index contributed by atoms with van der Waals surface area (Å²) in [7, 11) is -0.633. The highest BCUT2D eigenvalue weighted by molar-refractivity contribution is 7.92. The molecule has 3 rings (SSSR count). The summed E-state index contributed by atoms with van der Waals surface area (Å²) >= 11 is 6.27. The molecule has 0 saturated carbocycles. The third kappa shape index (κ3) is 9.89. The molecule has 0 bridgehead atoms. The summed E-state index contributed by atoms with van der Waals surface area (Å²) in [6, 6.07) is 20.8. The van der Waals surface area contributed by atoms with Crippen LogP contribution in [0.5, 0.6) is 11.5 Å². The number of carbonyl (C=O) groups excluding carboxylic acids is 2. The van der Waals surface area contributed by atoms with Crippen molar-refractivity contribution in [1.82, 2.24) is 10.2 Å². The van der Waals surface area contributed by atoms with Crippen LogP contribution in [0.1, 0.15) is 44.2 Å². The molecule has 0 unspecified atom stereocenters. The highest BCUT2D eigenvalue weighted by atomic mass is 35.5. The third-order valence-corrected chi connectivity index (χ3v) is 8.82. The van der Waals surface area contributed by atoms with Crippen LogP contribution in [0, 0.1) is 0 Å². The Bertz CT molecular complexity index is 1500.